The van der Waals surface area contributed by atoms with Gasteiger partial charge in [0.1, 0.15) is 5.52 Å². The Balaban J connectivity index is 2.84. The lowest BCUT2D eigenvalue weighted by Crippen LogP contribution is -1.93. The van der Waals surface area contributed by atoms with Crippen molar-refractivity contribution in [2.75, 3.05) is 18.1 Å². The van der Waals surface area contributed by atoms with E-state index in [1.54, 1.807) is 0 Å². The summed E-state index contributed by atoms with van der Waals surface area (Å²) in [5, 5.41) is 3.61. The second-order valence-electron chi connectivity index (χ2n) is 2.78. The number of hydrogen-bond acceptors (Lipinski definition) is 4. The number of nitrogens with zero attached hydrogens (tertiary/aromatic N) is 1. The molecule has 0 unspecified atom stereocenters. The van der Waals surface area contributed by atoms with Gasteiger partial charge in [-0.2, -0.15) is 0 Å². The van der Waals surface area contributed by atoms with Gasteiger partial charge in [-0.1, -0.05) is 17.3 Å². The monoisotopic (exact) mass is 203 g/mol. The van der Waals surface area contributed by atoms with Crippen molar-refractivity contribution in [1.82, 2.24) is 4.98 Å². The van der Waals surface area contributed by atoms with Gasteiger partial charge in [-0.25, -0.2) is 4.98 Å². The lowest BCUT2D eigenvalue weighted by molar-refractivity contribution is 1.45. The van der Waals surface area contributed by atoms with E-state index in [0.29, 0.717) is 5.13 Å². The molecule has 0 aliphatic rings. The molecule has 0 fully saturated rings. The molecule has 0 saturated heterocycles. The van der Waals surface area contributed by atoms with Crippen molar-refractivity contribution in [1.29, 1.82) is 0 Å². The van der Waals surface area contributed by atoms with Crippen LogP contribution in [0, 0.1) is 12.3 Å². The van der Waals surface area contributed by atoms with Gasteiger partial charge in [-0.05, 0) is 12.1 Å². The van der Waals surface area contributed by atoms with Crippen LogP contribution in [0.4, 0.5) is 10.8 Å². The summed E-state index contributed by atoms with van der Waals surface area (Å²) in [4.78, 5) is 4.23. The summed E-state index contributed by atoms with van der Waals surface area (Å²) in [7, 11) is 1.82. The van der Waals surface area contributed by atoms with Gasteiger partial charge >= 0.3 is 0 Å². The first-order valence-corrected chi connectivity index (χ1v) is 4.91. The zero-order valence-corrected chi connectivity index (χ0v) is 8.48. The molecule has 3 nitrogen and oxygen atoms in total. The first-order chi connectivity index (χ1) is 6.76. The number of anilines is 2. The van der Waals surface area contributed by atoms with Crippen LogP contribution >= 0.6 is 11.3 Å². The molecule has 0 aliphatic heterocycles. The third-order valence-electron chi connectivity index (χ3n) is 1.98. The highest BCUT2D eigenvalue weighted by Gasteiger charge is 2.08. The van der Waals surface area contributed by atoms with E-state index in [1.165, 1.54) is 11.3 Å². The molecule has 1 aromatic heterocycles. The lowest BCUT2D eigenvalue weighted by atomic mass is 10.1. The van der Waals surface area contributed by atoms with Gasteiger partial charge in [0.15, 0.2) is 5.13 Å². The number of rotatable bonds is 1. The number of aromatic nitrogens is 1. The normalized spacial score (nSPS) is 10.0. The van der Waals surface area contributed by atoms with E-state index in [-0.39, 0.29) is 0 Å². The molecule has 3 N–H and O–H groups in total. The molecule has 70 valence electrons. The maximum atomic E-state index is 5.63. The Hall–Kier alpha value is -1.73. The van der Waals surface area contributed by atoms with E-state index < -0.39 is 0 Å². The number of nitrogen functional groups attached to an aromatic ring is 1. The van der Waals surface area contributed by atoms with Crippen LogP contribution in [-0.4, -0.2) is 12.0 Å². The van der Waals surface area contributed by atoms with Crippen LogP contribution < -0.4 is 11.1 Å². The Morgan fingerprint density at radius 3 is 3.00 bits per heavy atom. The molecule has 0 amide bonds. The number of nitrogens with two attached hydrogens (primary N) is 1. The molecule has 1 heterocycles. The quantitative estimate of drug-likeness (QED) is 0.696. The maximum absolute atomic E-state index is 5.63. The number of nitrogens with one attached hydrogen (secondary N) is 1. The Bertz CT molecular complexity index is 522. The number of hydrogen-bond donors (Lipinski definition) is 2. The smallest absolute Gasteiger partial charge is 0.181 e. The van der Waals surface area contributed by atoms with Gasteiger partial charge in [0.05, 0.1) is 10.4 Å². The minimum Gasteiger partial charge on any atom is -0.385 e. The summed E-state index contributed by atoms with van der Waals surface area (Å²) in [6.45, 7) is 0. The lowest BCUT2D eigenvalue weighted by Gasteiger charge is -2.03. The predicted molar refractivity (Wildman–Crippen MR) is 61.5 cm³/mol. The standard InChI is InChI=1S/C10H9N3S/c1-3-6-4-5-7-9(8(6)12-2)13-10(11)14-7/h1,4-5,12H,2H3,(H2,11,13). The summed E-state index contributed by atoms with van der Waals surface area (Å²) < 4.78 is 1.05. The second-order valence-corrected chi connectivity index (χ2v) is 3.84. The molecule has 0 bridgehead atoms. The van der Waals surface area contributed by atoms with Crippen molar-refractivity contribution in [2.24, 2.45) is 0 Å². The van der Waals surface area contributed by atoms with Gasteiger partial charge in [0, 0.05) is 12.6 Å². The van der Waals surface area contributed by atoms with Gasteiger partial charge in [0.2, 0.25) is 0 Å². The van der Waals surface area contributed by atoms with E-state index >= 15 is 0 Å². The molecule has 1 aromatic carbocycles. The van der Waals surface area contributed by atoms with Crippen molar-refractivity contribution in [3.63, 3.8) is 0 Å². The van der Waals surface area contributed by atoms with Gasteiger partial charge in [-0.3, -0.25) is 0 Å². The molecule has 0 saturated carbocycles. The third kappa shape index (κ3) is 1.19. The fourth-order valence-corrected chi connectivity index (χ4v) is 2.13. The highest BCUT2D eigenvalue weighted by molar-refractivity contribution is 7.22. The zero-order chi connectivity index (χ0) is 10.1. The molecular weight excluding hydrogens is 194 g/mol. The summed E-state index contributed by atoms with van der Waals surface area (Å²) in [6.07, 6.45) is 5.38. The van der Waals surface area contributed by atoms with Crippen molar-refractivity contribution in [2.45, 2.75) is 0 Å². The SMILES string of the molecule is C#Cc1ccc2sc(N)nc2c1NC. The van der Waals surface area contributed by atoms with Crippen LogP contribution in [0.15, 0.2) is 12.1 Å². The van der Waals surface area contributed by atoms with E-state index in [9.17, 15) is 0 Å². The topological polar surface area (TPSA) is 50.9 Å². The number of benzene rings is 1. The third-order valence-corrected chi connectivity index (χ3v) is 2.83. The number of terminal acetylenes is 1. The molecule has 2 aromatic rings. The Kier molecular flexibility index (Phi) is 2.02. The molecule has 2 rings (SSSR count). The highest BCUT2D eigenvalue weighted by atomic mass is 32.1. The fraction of sp³-hybridized carbons (Fsp3) is 0.100. The average Bonchev–Trinajstić information content (AvgIpc) is 2.56. The zero-order valence-electron chi connectivity index (χ0n) is 7.66. The van der Waals surface area contributed by atoms with Crippen molar-refractivity contribution >= 4 is 32.4 Å². The molecule has 14 heavy (non-hydrogen) atoms. The van der Waals surface area contributed by atoms with E-state index in [1.807, 2.05) is 19.2 Å². The van der Waals surface area contributed by atoms with E-state index in [2.05, 4.69) is 16.2 Å². The summed E-state index contributed by atoms with van der Waals surface area (Å²) >= 11 is 1.46. The van der Waals surface area contributed by atoms with E-state index in [0.717, 1.165) is 21.5 Å². The molecule has 0 atom stereocenters. The van der Waals surface area contributed by atoms with Gasteiger partial charge in [-0.15, -0.1) is 6.42 Å². The highest BCUT2D eigenvalue weighted by Crippen LogP contribution is 2.31. The molecule has 0 aliphatic carbocycles. The summed E-state index contributed by atoms with van der Waals surface area (Å²) in [5.74, 6) is 2.61. The second kappa shape index (κ2) is 3.20. The first-order valence-electron chi connectivity index (χ1n) is 4.09. The first kappa shape index (κ1) is 8.85. The van der Waals surface area contributed by atoms with E-state index in [4.69, 9.17) is 12.2 Å². The van der Waals surface area contributed by atoms with Gasteiger partial charge in [0.25, 0.3) is 0 Å². The molecular formula is C10H9N3S. The maximum Gasteiger partial charge on any atom is 0.181 e. The molecule has 4 heteroatoms. The van der Waals surface area contributed by atoms with Crippen molar-refractivity contribution in [3.05, 3.63) is 17.7 Å². The fourth-order valence-electron chi connectivity index (χ4n) is 1.38. The predicted octanol–water partition coefficient (Wildman–Crippen LogP) is 1.90. The summed E-state index contributed by atoms with van der Waals surface area (Å²) in [5.41, 5.74) is 8.17. The largest absolute Gasteiger partial charge is 0.385 e. The Morgan fingerprint density at radius 2 is 2.36 bits per heavy atom. The van der Waals surface area contributed by atoms with Crippen molar-refractivity contribution in [3.8, 4) is 12.3 Å². The van der Waals surface area contributed by atoms with Crippen LogP contribution in [0.2, 0.25) is 0 Å². The van der Waals surface area contributed by atoms with Crippen molar-refractivity contribution < 1.29 is 0 Å². The van der Waals surface area contributed by atoms with Crippen LogP contribution in [0.1, 0.15) is 5.56 Å². The molecule has 0 radical (unpaired) electrons. The molecule has 0 spiro atoms. The number of thiazole rings is 1. The van der Waals surface area contributed by atoms with Crippen LogP contribution in [0.3, 0.4) is 0 Å². The number of fused-ring (bicyclic) bond motifs is 1. The van der Waals surface area contributed by atoms with Crippen LogP contribution in [-0.2, 0) is 0 Å². The van der Waals surface area contributed by atoms with Crippen LogP contribution in [0.5, 0.6) is 0 Å². The summed E-state index contributed by atoms with van der Waals surface area (Å²) in [6, 6.07) is 3.84. The van der Waals surface area contributed by atoms with Gasteiger partial charge < -0.3 is 11.1 Å². The Morgan fingerprint density at radius 1 is 1.57 bits per heavy atom. The Labute approximate surface area is 86.0 Å². The minimum atomic E-state index is 0.561. The average molecular weight is 203 g/mol. The van der Waals surface area contributed by atoms with Crippen LogP contribution in [0.25, 0.3) is 10.2 Å². The minimum absolute atomic E-state index is 0.561.